The van der Waals surface area contributed by atoms with Crippen molar-refractivity contribution in [2.75, 3.05) is 39.4 Å². The van der Waals surface area contributed by atoms with E-state index >= 15 is 0 Å². The molecule has 3 rings (SSSR count). The third kappa shape index (κ3) is 4.00. The van der Waals surface area contributed by atoms with Crippen LogP contribution in [-0.2, 0) is 14.3 Å². The van der Waals surface area contributed by atoms with E-state index in [-0.39, 0.29) is 18.1 Å². The Morgan fingerprint density at radius 2 is 1.86 bits per heavy atom. The maximum Gasteiger partial charge on any atom is 0.251 e. The molecule has 0 spiro atoms. The zero-order valence-corrected chi connectivity index (χ0v) is 13.8. The predicted octanol–water partition coefficient (Wildman–Crippen LogP) is 1.66. The van der Waals surface area contributed by atoms with Crippen LogP contribution in [-0.4, -0.2) is 73.3 Å². The molecule has 2 atom stereocenters. The Bertz CT molecular complexity index is 357. The number of hydrogen-bond acceptors (Lipinski definition) is 4. The summed E-state index contributed by atoms with van der Waals surface area (Å²) in [5, 5.41) is 0. The molecule has 0 radical (unpaired) electrons. The van der Waals surface area contributed by atoms with Gasteiger partial charge in [0.05, 0.1) is 12.7 Å². The summed E-state index contributed by atoms with van der Waals surface area (Å²) in [7, 11) is 0. The number of amides is 1. The SMILES string of the molecule is C[C@@H](OC[C@@H]1CCCO1)C(=O)N1CCC(N2CCCC2)CC1. The Balaban J connectivity index is 1.38. The van der Waals surface area contributed by atoms with Gasteiger partial charge in [-0.2, -0.15) is 0 Å². The summed E-state index contributed by atoms with van der Waals surface area (Å²) >= 11 is 0. The molecule has 0 bridgehead atoms. The van der Waals surface area contributed by atoms with E-state index in [1.807, 2.05) is 11.8 Å². The van der Waals surface area contributed by atoms with Crippen molar-refractivity contribution < 1.29 is 14.3 Å². The van der Waals surface area contributed by atoms with Crippen LogP contribution in [0.1, 0.15) is 45.4 Å². The van der Waals surface area contributed by atoms with Gasteiger partial charge in [0.2, 0.25) is 0 Å². The first-order valence-corrected chi connectivity index (χ1v) is 9.00. The van der Waals surface area contributed by atoms with Crippen LogP contribution in [0, 0.1) is 0 Å². The summed E-state index contributed by atoms with van der Waals surface area (Å²) in [4.78, 5) is 17.1. The van der Waals surface area contributed by atoms with Crippen molar-refractivity contribution in [2.24, 2.45) is 0 Å². The van der Waals surface area contributed by atoms with Gasteiger partial charge in [-0.1, -0.05) is 0 Å². The fourth-order valence-electron chi connectivity index (χ4n) is 3.91. The largest absolute Gasteiger partial charge is 0.376 e. The highest BCUT2D eigenvalue weighted by atomic mass is 16.5. The van der Waals surface area contributed by atoms with E-state index in [2.05, 4.69) is 4.90 Å². The lowest BCUT2D eigenvalue weighted by Gasteiger charge is -2.37. The third-order valence-electron chi connectivity index (χ3n) is 5.34. The molecule has 0 aromatic heterocycles. The summed E-state index contributed by atoms with van der Waals surface area (Å²) < 4.78 is 11.3. The first-order chi connectivity index (χ1) is 10.7. The highest BCUT2D eigenvalue weighted by Crippen LogP contribution is 2.22. The number of ether oxygens (including phenoxy) is 2. The van der Waals surface area contributed by atoms with Crippen LogP contribution in [0.2, 0.25) is 0 Å². The monoisotopic (exact) mass is 310 g/mol. The molecule has 0 unspecified atom stereocenters. The van der Waals surface area contributed by atoms with Crippen LogP contribution in [0.4, 0.5) is 0 Å². The first kappa shape index (κ1) is 16.2. The second kappa shape index (κ2) is 7.75. The van der Waals surface area contributed by atoms with Gasteiger partial charge < -0.3 is 19.3 Å². The highest BCUT2D eigenvalue weighted by Gasteiger charge is 2.30. The van der Waals surface area contributed by atoms with Gasteiger partial charge >= 0.3 is 0 Å². The van der Waals surface area contributed by atoms with Gasteiger partial charge in [0, 0.05) is 25.7 Å². The third-order valence-corrected chi connectivity index (χ3v) is 5.34. The van der Waals surface area contributed by atoms with Crippen molar-refractivity contribution in [3.8, 4) is 0 Å². The van der Waals surface area contributed by atoms with Crippen molar-refractivity contribution in [3.63, 3.8) is 0 Å². The van der Waals surface area contributed by atoms with E-state index in [1.54, 1.807) is 0 Å². The van der Waals surface area contributed by atoms with Crippen LogP contribution in [0.25, 0.3) is 0 Å². The second-order valence-corrected chi connectivity index (χ2v) is 6.91. The molecule has 126 valence electrons. The average Bonchev–Trinajstić information content (AvgIpc) is 3.25. The Morgan fingerprint density at radius 1 is 1.14 bits per heavy atom. The van der Waals surface area contributed by atoms with Gasteiger partial charge in [0.15, 0.2) is 0 Å². The van der Waals surface area contributed by atoms with Gasteiger partial charge in [0.25, 0.3) is 5.91 Å². The maximum atomic E-state index is 12.5. The molecular formula is C17H30N2O3. The van der Waals surface area contributed by atoms with Crippen molar-refractivity contribution in [1.29, 1.82) is 0 Å². The Hall–Kier alpha value is -0.650. The van der Waals surface area contributed by atoms with Gasteiger partial charge in [-0.15, -0.1) is 0 Å². The van der Waals surface area contributed by atoms with Crippen LogP contribution in [0.3, 0.4) is 0 Å². The summed E-state index contributed by atoms with van der Waals surface area (Å²) in [5.41, 5.74) is 0. The molecule has 0 N–H and O–H groups in total. The first-order valence-electron chi connectivity index (χ1n) is 9.00. The van der Waals surface area contributed by atoms with Gasteiger partial charge in [0.1, 0.15) is 6.10 Å². The summed E-state index contributed by atoms with van der Waals surface area (Å²) in [5.74, 6) is 0.151. The highest BCUT2D eigenvalue weighted by molar-refractivity contribution is 5.80. The Kier molecular flexibility index (Phi) is 5.71. The minimum atomic E-state index is -0.340. The minimum Gasteiger partial charge on any atom is -0.376 e. The number of likely N-dealkylation sites (tertiary alicyclic amines) is 2. The molecule has 3 aliphatic rings. The maximum absolute atomic E-state index is 12.5. The van der Waals surface area contributed by atoms with E-state index in [4.69, 9.17) is 9.47 Å². The van der Waals surface area contributed by atoms with Crippen molar-refractivity contribution >= 4 is 5.91 Å². The lowest BCUT2D eigenvalue weighted by atomic mass is 10.0. The number of rotatable bonds is 5. The topological polar surface area (TPSA) is 42.0 Å². The predicted molar refractivity (Wildman–Crippen MR) is 84.8 cm³/mol. The van der Waals surface area contributed by atoms with E-state index in [0.29, 0.717) is 12.6 Å². The molecule has 3 saturated heterocycles. The lowest BCUT2D eigenvalue weighted by molar-refractivity contribution is -0.146. The fraction of sp³-hybridized carbons (Fsp3) is 0.941. The molecule has 0 aromatic carbocycles. The van der Waals surface area contributed by atoms with Crippen LogP contribution >= 0.6 is 0 Å². The summed E-state index contributed by atoms with van der Waals surface area (Å²) in [6.07, 6.45) is 6.93. The molecule has 5 heteroatoms. The molecule has 0 saturated carbocycles. The van der Waals surface area contributed by atoms with Crippen LogP contribution < -0.4 is 0 Å². The Labute approximate surface area is 133 Å². The molecule has 5 nitrogen and oxygen atoms in total. The van der Waals surface area contributed by atoms with Crippen molar-refractivity contribution in [3.05, 3.63) is 0 Å². The van der Waals surface area contributed by atoms with Gasteiger partial charge in [-0.05, 0) is 58.5 Å². The zero-order valence-electron chi connectivity index (χ0n) is 13.8. The smallest absolute Gasteiger partial charge is 0.251 e. The van der Waals surface area contributed by atoms with Gasteiger partial charge in [-0.3, -0.25) is 4.79 Å². The molecule has 1 amide bonds. The normalized spacial score (nSPS) is 29.1. The standard InChI is InChI=1S/C17H30N2O3/c1-14(22-13-16-5-4-12-21-16)17(20)19-10-6-15(7-11-19)18-8-2-3-9-18/h14-16H,2-13H2,1H3/t14-,16+/m1/s1. The zero-order chi connectivity index (χ0) is 15.4. The van der Waals surface area contributed by atoms with Crippen LogP contribution in [0.5, 0.6) is 0 Å². The van der Waals surface area contributed by atoms with E-state index < -0.39 is 0 Å². The molecule has 22 heavy (non-hydrogen) atoms. The number of hydrogen-bond donors (Lipinski definition) is 0. The summed E-state index contributed by atoms with van der Waals surface area (Å²) in [6, 6.07) is 0.690. The molecular weight excluding hydrogens is 280 g/mol. The molecule has 3 fully saturated rings. The number of nitrogens with zero attached hydrogens (tertiary/aromatic N) is 2. The Morgan fingerprint density at radius 3 is 2.50 bits per heavy atom. The number of piperidine rings is 1. The number of carbonyl (C=O) groups excluding carboxylic acids is 1. The fourth-order valence-corrected chi connectivity index (χ4v) is 3.91. The summed E-state index contributed by atoms with van der Waals surface area (Å²) in [6.45, 7) is 7.53. The van der Waals surface area contributed by atoms with Crippen molar-refractivity contribution in [2.45, 2.75) is 63.7 Å². The van der Waals surface area contributed by atoms with E-state index in [1.165, 1.54) is 25.9 Å². The molecule has 0 aliphatic carbocycles. The van der Waals surface area contributed by atoms with E-state index in [0.717, 1.165) is 45.4 Å². The molecule has 3 aliphatic heterocycles. The van der Waals surface area contributed by atoms with Crippen molar-refractivity contribution in [1.82, 2.24) is 9.80 Å². The van der Waals surface area contributed by atoms with E-state index in [9.17, 15) is 4.79 Å². The number of carbonyl (C=O) groups is 1. The quantitative estimate of drug-likeness (QED) is 0.774. The molecule has 0 aromatic rings. The van der Waals surface area contributed by atoms with Crippen LogP contribution in [0.15, 0.2) is 0 Å². The van der Waals surface area contributed by atoms with Gasteiger partial charge in [-0.25, -0.2) is 0 Å². The minimum absolute atomic E-state index is 0.151. The lowest BCUT2D eigenvalue weighted by Crippen LogP contribution is -2.48. The molecule has 3 heterocycles. The average molecular weight is 310 g/mol. The second-order valence-electron chi connectivity index (χ2n) is 6.91.